The Morgan fingerprint density at radius 1 is 1.42 bits per heavy atom. The molecule has 0 radical (unpaired) electrons. The van der Waals surface area contributed by atoms with Crippen molar-refractivity contribution < 1.29 is 4.39 Å². The summed E-state index contributed by atoms with van der Waals surface area (Å²) in [6.07, 6.45) is 0. The molecule has 0 spiro atoms. The van der Waals surface area contributed by atoms with E-state index in [1.54, 1.807) is 13.0 Å². The largest absolute Gasteiger partial charge is 0.373 e. The van der Waals surface area contributed by atoms with Crippen molar-refractivity contribution in [2.75, 3.05) is 25.5 Å². The summed E-state index contributed by atoms with van der Waals surface area (Å²) in [7, 11) is 3.79. The first kappa shape index (κ1) is 15.5. The maximum absolute atomic E-state index is 13.7. The van der Waals surface area contributed by atoms with Gasteiger partial charge in [-0.15, -0.1) is 0 Å². The van der Waals surface area contributed by atoms with E-state index in [-0.39, 0.29) is 17.8 Å². The number of nitriles is 1. The van der Waals surface area contributed by atoms with Gasteiger partial charge in [-0.25, -0.2) is 4.39 Å². The molecule has 0 aromatic heterocycles. The van der Waals surface area contributed by atoms with E-state index in [2.05, 4.69) is 11.4 Å². The molecule has 0 aliphatic rings. The maximum atomic E-state index is 13.7. The Morgan fingerprint density at radius 2 is 2.05 bits per heavy atom. The molecular formula is C15H22FN3. The number of nitrogens with one attached hydrogen (secondary N) is 1. The van der Waals surface area contributed by atoms with Gasteiger partial charge in [-0.1, -0.05) is 0 Å². The molecule has 0 saturated heterocycles. The number of rotatable bonds is 5. The van der Waals surface area contributed by atoms with Crippen molar-refractivity contribution in [1.29, 1.82) is 5.26 Å². The minimum absolute atomic E-state index is 0.0601. The molecule has 3 nitrogen and oxygen atoms in total. The van der Waals surface area contributed by atoms with Gasteiger partial charge in [0.05, 0.1) is 12.0 Å². The second-order valence-corrected chi connectivity index (χ2v) is 5.08. The van der Waals surface area contributed by atoms with E-state index in [9.17, 15) is 4.39 Å². The number of halogens is 1. The van der Waals surface area contributed by atoms with Gasteiger partial charge in [0, 0.05) is 25.3 Å². The Kier molecular flexibility index (Phi) is 5.31. The van der Waals surface area contributed by atoms with Crippen molar-refractivity contribution in [3.8, 4) is 6.07 Å². The summed E-state index contributed by atoms with van der Waals surface area (Å²) < 4.78 is 13.7. The highest BCUT2D eigenvalue weighted by molar-refractivity contribution is 5.56. The van der Waals surface area contributed by atoms with Crippen molar-refractivity contribution in [2.24, 2.45) is 5.92 Å². The Hall–Kier alpha value is -1.60. The molecule has 0 aliphatic carbocycles. The number of benzene rings is 1. The average Bonchev–Trinajstić information content (AvgIpc) is 2.39. The summed E-state index contributed by atoms with van der Waals surface area (Å²) in [6.45, 7) is 6.27. The quantitative estimate of drug-likeness (QED) is 0.887. The van der Waals surface area contributed by atoms with Crippen LogP contribution in [0.2, 0.25) is 0 Å². The lowest BCUT2D eigenvalue weighted by atomic mass is 10.0. The molecule has 0 bridgehead atoms. The zero-order valence-electron chi connectivity index (χ0n) is 12.3. The van der Waals surface area contributed by atoms with Gasteiger partial charge in [0.1, 0.15) is 5.82 Å². The highest BCUT2D eigenvalue weighted by Crippen LogP contribution is 2.29. The molecule has 1 rings (SSSR count). The molecule has 1 aromatic rings. The van der Waals surface area contributed by atoms with Crippen molar-refractivity contribution in [3.05, 3.63) is 29.1 Å². The fraction of sp³-hybridized carbons (Fsp3) is 0.533. The lowest BCUT2D eigenvalue weighted by molar-refractivity contribution is 0.598. The van der Waals surface area contributed by atoms with Crippen LogP contribution in [0.15, 0.2) is 12.1 Å². The van der Waals surface area contributed by atoms with Crippen molar-refractivity contribution in [1.82, 2.24) is 5.32 Å². The summed E-state index contributed by atoms with van der Waals surface area (Å²) in [6, 6.07) is 5.72. The molecule has 19 heavy (non-hydrogen) atoms. The normalized spacial score (nSPS) is 13.7. The van der Waals surface area contributed by atoms with Gasteiger partial charge in [0.25, 0.3) is 0 Å². The standard InChI is InChI=1S/C15H22FN3/c1-10(8-17)9-19(5)15-6-11(2)14(16)7-13(15)12(3)18-4/h6-7,10,12,18H,9H2,1-5H3. The molecule has 104 valence electrons. The molecule has 0 amide bonds. The molecule has 2 atom stereocenters. The number of nitrogens with zero attached hydrogens (tertiary/aromatic N) is 2. The van der Waals surface area contributed by atoms with Crippen LogP contribution in [0.25, 0.3) is 0 Å². The minimum Gasteiger partial charge on any atom is -0.373 e. The van der Waals surface area contributed by atoms with Gasteiger partial charge in [-0.05, 0) is 51.1 Å². The van der Waals surface area contributed by atoms with Crippen LogP contribution in [-0.2, 0) is 0 Å². The van der Waals surface area contributed by atoms with Gasteiger partial charge < -0.3 is 10.2 Å². The third-order valence-corrected chi connectivity index (χ3v) is 3.39. The fourth-order valence-corrected chi connectivity index (χ4v) is 2.06. The van der Waals surface area contributed by atoms with Crippen LogP contribution in [-0.4, -0.2) is 20.6 Å². The average molecular weight is 263 g/mol. The van der Waals surface area contributed by atoms with E-state index >= 15 is 0 Å². The topological polar surface area (TPSA) is 39.1 Å². The van der Waals surface area contributed by atoms with Crippen LogP contribution in [0.1, 0.15) is 31.0 Å². The lowest BCUT2D eigenvalue weighted by Gasteiger charge is -2.26. The molecule has 1 N–H and O–H groups in total. The van der Waals surface area contributed by atoms with Crippen LogP contribution in [0, 0.1) is 30.0 Å². The Labute approximate surface area is 115 Å². The molecule has 1 aromatic carbocycles. The first-order valence-corrected chi connectivity index (χ1v) is 6.48. The van der Waals surface area contributed by atoms with Crippen LogP contribution in [0.3, 0.4) is 0 Å². The Morgan fingerprint density at radius 3 is 2.58 bits per heavy atom. The molecule has 0 saturated carbocycles. The van der Waals surface area contributed by atoms with E-state index < -0.39 is 0 Å². The van der Waals surface area contributed by atoms with Crippen molar-refractivity contribution in [3.63, 3.8) is 0 Å². The van der Waals surface area contributed by atoms with E-state index in [4.69, 9.17) is 5.26 Å². The van der Waals surface area contributed by atoms with E-state index in [1.165, 1.54) is 0 Å². The van der Waals surface area contributed by atoms with E-state index in [0.29, 0.717) is 12.1 Å². The van der Waals surface area contributed by atoms with Gasteiger partial charge in [0.15, 0.2) is 0 Å². The highest BCUT2D eigenvalue weighted by atomic mass is 19.1. The maximum Gasteiger partial charge on any atom is 0.126 e. The van der Waals surface area contributed by atoms with Gasteiger partial charge in [-0.3, -0.25) is 0 Å². The van der Waals surface area contributed by atoms with Gasteiger partial charge >= 0.3 is 0 Å². The third-order valence-electron chi connectivity index (χ3n) is 3.39. The van der Waals surface area contributed by atoms with Crippen LogP contribution in [0.5, 0.6) is 0 Å². The number of hydrogen-bond donors (Lipinski definition) is 1. The van der Waals surface area contributed by atoms with Crippen molar-refractivity contribution >= 4 is 5.69 Å². The first-order chi connectivity index (χ1) is 8.90. The number of aryl methyl sites for hydroxylation is 1. The number of anilines is 1. The fourth-order valence-electron chi connectivity index (χ4n) is 2.06. The second-order valence-electron chi connectivity index (χ2n) is 5.08. The van der Waals surface area contributed by atoms with E-state index in [1.807, 2.05) is 38.9 Å². The predicted octanol–water partition coefficient (Wildman–Crippen LogP) is 3.01. The summed E-state index contributed by atoms with van der Waals surface area (Å²) in [5, 5.41) is 12.0. The van der Waals surface area contributed by atoms with Crippen LogP contribution in [0.4, 0.5) is 10.1 Å². The zero-order valence-corrected chi connectivity index (χ0v) is 12.3. The number of hydrogen-bond acceptors (Lipinski definition) is 3. The van der Waals surface area contributed by atoms with Crippen LogP contribution >= 0.6 is 0 Å². The van der Waals surface area contributed by atoms with E-state index in [0.717, 1.165) is 11.3 Å². The van der Waals surface area contributed by atoms with Crippen LogP contribution < -0.4 is 10.2 Å². The predicted molar refractivity (Wildman–Crippen MR) is 76.7 cm³/mol. The molecule has 0 heterocycles. The minimum atomic E-state index is -0.192. The molecular weight excluding hydrogens is 241 g/mol. The first-order valence-electron chi connectivity index (χ1n) is 6.48. The SMILES string of the molecule is CNC(C)c1cc(F)c(C)cc1N(C)CC(C)C#N. The zero-order chi connectivity index (χ0) is 14.6. The smallest absolute Gasteiger partial charge is 0.126 e. The summed E-state index contributed by atoms with van der Waals surface area (Å²) in [5.41, 5.74) is 2.51. The molecule has 2 unspecified atom stereocenters. The Balaban J connectivity index is 3.17. The summed E-state index contributed by atoms with van der Waals surface area (Å²) >= 11 is 0. The van der Waals surface area contributed by atoms with Gasteiger partial charge in [0.2, 0.25) is 0 Å². The lowest BCUT2D eigenvalue weighted by Crippen LogP contribution is -2.26. The van der Waals surface area contributed by atoms with Crippen molar-refractivity contribution in [2.45, 2.75) is 26.8 Å². The summed E-state index contributed by atoms with van der Waals surface area (Å²) in [4.78, 5) is 2.02. The second kappa shape index (κ2) is 6.53. The Bertz CT molecular complexity index is 479. The monoisotopic (exact) mass is 263 g/mol. The molecule has 4 heteroatoms. The molecule has 0 aliphatic heterocycles. The molecule has 0 fully saturated rings. The summed E-state index contributed by atoms with van der Waals surface area (Å²) in [5.74, 6) is -0.254. The highest BCUT2D eigenvalue weighted by Gasteiger charge is 2.16. The van der Waals surface area contributed by atoms with Gasteiger partial charge in [-0.2, -0.15) is 5.26 Å². The third kappa shape index (κ3) is 3.68.